The van der Waals surface area contributed by atoms with E-state index in [0.717, 1.165) is 22.3 Å². The molecule has 1 N–H and O–H groups in total. The van der Waals surface area contributed by atoms with Crippen LogP contribution in [-0.2, 0) is 0 Å². The molecule has 0 amide bonds. The quantitative estimate of drug-likeness (QED) is 0.839. The fourth-order valence-electron chi connectivity index (χ4n) is 1.90. The van der Waals surface area contributed by atoms with Crippen molar-refractivity contribution in [3.63, 3.8) is 0 Å². The fourth-order valence-corrected chi connectivity index (χ4v) is 2.43. The molecule has 0 heterocycles. The summed E-state index contributed by atoms with van der Waals surface area (Å²) in [6.07, 6.45) is 1.78. The first-order valence-electron chi connectivity index (χ1n) is 5.94. The number of allylic oxidation sites excluding steroid dienone is 1. The molecule has 0 spiro atoms. The van der Waals surface area contributed by atoms with Gasteiger partial charge in [-0.1, -0.05) is 53.5 Å². The van der Waals surface area contributed by atoms with Gasteiger partial charge in [-0.25, -0.2) is 0 Å². The number of benzene rings is 2. The SMILES string of the molecule is CC(=CCO)c1ccc(-c2cc(Cl)cc(Cl)c2)cc1. The molecule has 0 fully saturated rings. The zero-order valence-corrected chi connectivity index (χ0v) is 12.0. The van der Waals surface area contributed by atoms with Gasteiger partial charge >= 0.3 is 0 Å². The summed E-state index contributed by atoms with van der Waals surface area (Å²) in [6, 6.07) is 13.6. The Hall–Kier alpha value is -1.28. The van der Waals surface area contributed by atoms with Crippen molar-refractivity contribution in [3.8, 4) is 11.1 Å². The van der Waals surface area contributed by atoms with Gasteiger partial charge in [-0.15, -0.1) is 0 Å². The molecule has 2 rings (SSSR count). The van der Waals surface area contributed by atoms with Crippen molar-refractivity contribution in [2.75, 3.05) is 6.61 Å². The largest absolute Gasteiger partial charge is 0.392 e. The van der Waals surface area contributed by atoms with Gasteiger partial charge in [0.1, 0.15) is 0 Å². The molecule has 0 aliphatic heterocycles. The monoisotopic (exact) mass is 292 g/mol. The Labute approximate surface area is 123 Å². The van der Waals surface area contributed by atoms with Gasteiger partial charge < -0.3 is 5.11 Å². The molecule has 3 heteroatoms. The summed E-state index contributed by atoms with van der Waals surface area (Å²) in [6.45, 7) is 2.03. The molecule has 1 nitrogen and oxygen atoms in total. The normalized spacial score (nSPS) is 11.7. The Morgan fingerprint density at radius 2 is 1.58 bits per heavy atom. The summed E-state index contributed by atoms with van der Waals surface area (Å²) in [5.41, 5.74) is 4.20. The van der Waals surface area contributed by atoms with E-state index in [9.17, 15) is 0 Å². The van der Waals surface area contributed by atoms with Gasteiger partial charge in [0.05, 0.1) is 6.61 Å². The molecule has 0 aromatic heterocycles. The van der Waals surface area contributed by atoms with E-state index in [4.69, 9.17) is 28.3 Å². The minimum absolute atomic E-state index is 0.0531. The molecule has 2 aromatic rings. The van der Waals surface area contributed by atoms with E-state index in [1.165, 1.54) is 0 Å². The first-order chi connectivity index (χ1) is 9.10. The number of halogens is 2. The summed E-state index contributed by atoms with van der Waals surface area (Å²) < 4.78 is 0. The van der Waals surface area contributed by atoms with Crippen molar-refractivity contribution in [2.45, 2.75) is 6.92 Å². The van der Waals surface area contributed by atoms with Crippen LogP contribution in [0.5, 0.6) is 0 Å². The second-order valence-corrected chi connectivity index (χ2v) is 5.18. The number of aliphatic hydroxyl groups is 1. The van der Waals surface area contributed by atoms with Crippen LogP contribution in [0.15, 0.2) is 48.5 Å². The first-order valence-corrected chi connectivity index (χ1v) is 6.70. The van der Waals surface area contributed by atoms with Crippen molar-refractivity contribution >= 4 is 28.8 Å². The highest BCUT2D eigenvalue weighted by Crippen LogP contribution is 2.28. The maximum Gasteiger partial charge on any atom is 0.0618 e. The summed E-state index contributed by atoms with van der Waals surface area (Å²) in [7, 11) is 0. The molecule has 0 bridgehead atoms. The molecule has 0 radical (unpaired) electrons. The van der Waals surface area contributed by atoms with E-state index in [1.807, 2.05) is 43.3 Å². The lowest BCUT2D eigenvalue weighted by molar-refractivity contribution is 0.343. The third-order valence-corrected chi connectivity index (χ3v) is 3.37. The van der Waals surface area contributed by atoms with Gasteiger partial charge in [-0.3, -0.25) is 0 Å². The molecule has 0 aliphatic rings. The summed E-state index contributed by atoms with van der Waals surface area (Å²) in [5, 5.41) is 10.1. The fraction of sp³-hybridized carbons (Fsp3) is 0.125. The van der Waals surface area contributed by atoms with Gasteiger partial charge in [0.25, 0.3) is 0 Å². The second kappa shape index (κ2) is 6.25. The van der Waals surface area contributed by atoms with Gasteiger partial charge in [0.2, 0.25) is 0 Å². The number of aliphatic hydroxyl groups excluding tert-OH is 1. The minimum Gasteiger partial charge on any atom is -0.392 e. The van der Waals surface area contributed by atoms with Crippen LogP contribution in [0.1, 0.15) is 12.5 Å². The maximum atomic E-state index is 8.89. The van der Waals surface area contributed by atoms with Crippen molar-refractivity contribution in [1.82, 2.24) is 0 Å². The highest BCUT2D eigenvalue weighted by molar-refractivity contribution is 6.35. The lowest BCUT2D eigenvalue weighted by atomic mass is 10.0. The van der Waals surface area contributed by atoms with E-state index in [-0.39, 0.29) is 6.61 Å². The lowest BCUT2D eigenvalue weighted by Gasteiger charge is -2.06. The molecule has 0 saturated carbocycles. The Balaban J connectivity index is 2.35. The summed E-state index contributed by atoms with van der Waals surface area (Å²) in [5.74, 6) is 0. The molecule has 0 saturated heterocycles. The zero-order valence-electron chi connectivity index (χ0n) is 10.5. The molecule has 0 unspecified atom stereocenters. The molecule has 0 aliphatic carbocycles. The van der Waals surface area contributed by atoms with Crippen molar-refractivity contribution in [3.05, 3.63) is 64.1 Å². The zero-order chi connectivity index (χ0) is 13.8. The minimum atomic E-state index is 0.0531. The second-order valence-electron chi connectivity index (χ2n) is 4.31. The Kier molecular flexibility index (Phi) is 4.65. The molecule has 0 atom stereocenters. The van der Waals surface area contributed by atoms with Crippen molar-refractivity contribution < 1.29 is 5.11 Å². The topological polar surface area (TPSA) is 20.2 Å². The predicted molar refractivity (Wildman–Crippen MR) is 82.6 cm³/mol. The molecule has 19 heavy (non-hydrogen) atoms. The van der Waals surface area contributed by atoms with Crippen molar-refractivity contribution in [1.29, 1.82) is 0 Å². The third kappa shape index (κ3) is 3.60. The van der Waals surface area contributed by atoms with Gasteiger partial charge in [0, 0.05) is 10.0 Å². The molecule has 98 valence electrons. The van der Waals surface area contributed by atoms with Crippen LogP contribution >= 0.6 is 23.2 Å². The van der Waals surface area contributed by atoms with Crippen LogP contribution in [0, 0.1) is 0 Å². The van der Waals surface area contributed by atoms with Crippen LogP contribution in [0.3, 0.4) is 0 Å². The first kappa shape index (κ1) is 14.1. The maximum absolute atomic E-state index is 8.89. The van der Waals surface area contributed by atoms with Crippen LogP contribution < -0.4 is 0 Å². The van der Waals surface area contributed by atoms with E-state index >= 15 is 0 Å². The number of hydrogen-bond acceptors (Lipinski definition) is 1. The standard InChI is InChI=1S/C16H14Cl2O/c1-11(6-7-19)12-2-4-13(5-3-12)14-8-15(17)10-16(18)9-14/h2-6,8-10,19H,7H2,1H3. The predicted octanol–water partition coefficient (Wildman–Crippen LogP) is 5.06. The van der Waals surface area contributed by atoms with Crippen LogP contribution in [0.4, 0.5) is 0 Å². The van der Waals surface area contributed by atoms with Crippen LogP contribution in [0.2, 0.25) is 10.0 Å². The average molecular weight is 293 g/mol. The Bertz CT molecular complexity index is 580. The van der Waals surface area contributed by atoms with E-state index in [1.54, 1.807) is 12.1 Å². The van der Waals surface area contributed by atoms with E-state index in [2.05, 4.69) is 0 Å². The van der Waals surface area contributed by atoms with Gasteiger partial charge in [-0.05, 0) is 47.4 Å². The molecule has 2 aromatic carbocycles. The van der Waals surface area contributed by atoms with Crippen LogP contribution in [-0.4, -0.2) is 11.7 Å². The van der Waals surface area contributed by atoms with Crippen LogP contribution in [0.25, 0.3) is 16.7 Å². The van der Waals surface area contributed by atoms with E-state index < -0.39 is 0 Å². The average Bonchev–Trinajstić information content (AvgIpc) is 2.38. The smallest absolute Gasteiger partial charge is 0.0618 e. The highest BCUT2D eigenvalue weighted by atomic mass is 35.5. The van der Waals surface area contributed by atoms with Gasteiger partial charge in [0.15, 0.2) is 0 Å². The Morgan fingerprint density at radius 3 is 2.11 bits per heavy atom. The summed E-state index contributed by atoms with van der Waals surface area (Å²) in [4.78, 5) is 0. The Morgan fingerprint density at radius 1 is 1.00 bits per heavy atom. The van der Waals surface area contributed by atoms with Crippen molar-refractivity contribution in [2.24, 2.45) is 0 Å². The van der Waals surface area contributed by atoms with Gasteiger partial charge in [-0.2, -0.15) is 0 Å². The molecular formula is C16H14Cl2O. The molecular weight excluding hydrogens is 279 g/mol. The lowest BCUT2D eigenvalue weighted by Crippen LogP contribution is -1.84. The van der Waals surface area contributed by atoms with E-state index in [0.29, 0.717) is 10.0 Å². The number of hydrogen-bond donors (Lipinski definition) is 1. The highest BCUT2D eigenvalue weighted by Gasteiger charge is 2.02. The summed E-state index contributed by atoms with van der Waals surface area (Å²) >= 11 is 12.0. The third-order valence-electron chi connectivity index (χ3n) is 2.93. The number of rotatable bonds is 3.